The zero-order valence-corrected chi connectivity index (χ0v) is 14.2. The van der Waals surface area contributed by atoms with Crippen LogP contribution in [0.3, 0.4) is 0 Å². The van der Waals surface area contributed by atoms with E-state index in [1.807, 2.05) is 18.2 Å². The maximum atomic E-state index is 12.6. The number of hydrogen-bond acceptors (Lipinski definition) is 1. The van der Waals surface area contributed by atoms with Crippen molar-refractivity contribution in [3.8, 4) is 0 Å². The molecule has 0 aromatic heterocycles. The second-order valence-electron chi connectivity index (χ2n) is 4.54. The minimum absolute atomic E-state index is 0.180. The van der Waals surface area contributed by atoms with Crippen LogP contribution in [0.4, 0.5) is 13.2 Å². The van der Waals surface area contributed by atoms with Crippen LogP contribution in [0.5, 0.6) is 0 Å². The quantitative estimate of drug-likeness (QED) is 0.684. The van der Waals surface area contributed by atoms with E-state index in [0.717, 1.165) is 32.2 Å². The van der Waals surface area contributed by atoms with Crippen LogP contribution in [0, 0.1) is 0 Å². The van der Waals surface area contributed by atoms with Crippen molar-refractivity contribution in [2.24, 2.45) is 0 Å². The highest BCUT2D eigenvalue weighted by molar-refractivity contribution is 9.11. The van der Waals surface area contributed by atoms with Crippen molar-refractivity contribution in [3.63, 3.8) is 0 Å². The molecule has 0 saturated heterocycles. The van der Waals surface area contributed by atoms with Gasteiger partial charge in [0.05, 0.1) is 11.6 Å². The Labute approximate surface area is 137 Å². The summed E-state index contributed by atoms with van der Waals surface area (Å²) < 4.78 is 39.6. The Bertz CT molecular complexity index is 604. The van der Waals surface area contributed by atoms with Gasteiger partial charge in [0.1, 0.15) is 0 Å². The van der Waals surface area contributed by atoms with Crippen molar-refractivity contribution >= 4 is 31.9 Å². The van der Waals surface area contributed by atoms with Crippen molar-refractivity contribution in [1.29, 1.82) is 0 Å². The summed E-state index contributed by atoms with van der Waals surface area (Å²) in [7, 11) is 1.77. The highest BCUT2D eigenvalue weighted by Gasteiger charge is 2.30. The number of alkyl halides is 3. The van der Waals surface area contributed by atoms with Gasteiger partial charge in [-0.05, 0) is 48.5 Å². The fourth-order valence-electron chi connectivity index (χ4n) is 2.13. The molecule has 112 valence electrons. The van der Waals surface area contributed by atoms with Crippen LogP contribution in [0.25, 0.3) is 0 Å². The van der Waals surface area contributed by atoms with Crippen molar-refractivity contribution < 1.29 is 13.2 Å². The minimum atomic E-state index is -4.31. The molecular formula is C15H12Br2F3N. The summed E-state index contributed by atoms with van der Waals surface area (Å²) in [6.45, 7) is 0. The molecule has 6 heteroatoms. The average molecular weight is 423 g/mol. The SMILES string of the molecule is CNC(c1ccc(C(F)(F)F)cc1)c1cc(Br)cc(Br)c1. The standard InChI is InChI=1S/C15H12Br2F3N/c1-21-14(10-6-12(16)8-13(17)7-10)9-2-4-11(5-3-9)15(18,19)20/h2-8,14,21H,1H3. The van der Waals surface area contributed by atoms with Gasteiger partial charge in [-0.25, -0.2) is 0 Å². The molecule has 2 rings (SSSR count). The molecule has 0 heterocycles. The van der Waals surface area contributed by atoms with E-state index in [0.29, 0.717) is 0 Å². The maximum Gasteiger partial charge on any atom is 0.416 e. The van der Waals surface area contributed by atoms with Crippen LogP contribution in [0.1, 0.15) is 22.7 Å². The van der Waals surface area contributed by atoms with Gasteiger partial charge < -0.3 is 5.32 Å². The van der Waals surface area contributed by atoms with E-state index < -0.39 is 11.7 Å². The monoisotopic (exact) mass is 421 g/mol. The third-order valence-corrected chi connectivity index (χ3v) is 3.99. The zero-order chi connectivity index (χ0) is 15.6. The van der Waals surface area contributed by atoms with Crippen molar-refractivity contribution in [3.05, 3.63) is 68.1 Å². The van der Waals surface area contributed by atoms with Gasteiger partial charge in [0.15, 0.2) is 0 Å². The van der Waals surface area contributed by atoms with E-state index in [1.165, 1.54) is 12.1 Å². The number of halogens is 5. The molecule has 0 bridgehead atoms. The van der Waals surface area contributed by atoms with Crippen LogP contribution in [0.2, 0.25) is 0 Å². The lowest BCUT2D eigenvalue weighted by Crippen LogP contribution is -2.18. The molecule has 0 aliphatic carbocycles. The first-order valence-corrected chi connectivity index (χ1v) is 7.70. The molecule has 1 nitrogen and oxygen atoms in total. The smallest absolute Gasteiger partial charge is 0.309 e. The van der Waals surface area contributed by atoms with Gasteiger partial charge in [0, 0.05) is 8.95 Å². The first kappa shape index (κ1) is 16.5. The predicted molar refractivity (Wildman–Crippen MR) is 84.2 cm³/mol. The molecule has 0 aliphatic rings. The molecule has 0 fully saturated rings. The van der Waals surface area contributed by atoms with Gasteiger partial charge in [0.25, 0.3) is 0 Å². The zero-order valence-electron chi connectivity index (χ0n) is 11.0. The largest absolute Gasteiger partial charge is 0.416 e. The van der Waals surface area contributed by atoms with Crippen molar-refractivity contribution in [1.82, 2.24) is 5.32 Å². The van der Waals surface area contributed by atoms with Gasteiger partial charge in [-0.15, -0.1) is 0 Å². The molecule has 0 radical (unpaired) electrons. The second-order valence-corrected chi connectivity index (χ2v) is 6.38. The second kappa shape index (κ2) is 6.50. The van der Waals surface area contributed by atoms with Crippen molar-refractivity contribution in [2.75, 3.05) is 7.05 Å². The molecule has 0 saturated carbocycles. The third-order valence-electron chi connectivity index (χ3n) is 3.08. The van der Waals surface area contributed by atoms with E-state index >= 15 is 0 Å². The Morgan fingerprint density at radius 3 is 1.86 bits per heavy atom. The molecule has 1 N–H and O–H groups in total. The molecule has 1 atom stereocenters. The first-order valence-electron chi connectivity index (χ1n) is 6.11. The number of rotatable bonds is 3. The van der Waals surface area contributed by atoms with Gasteiger partial charge in [0.2, 0.25) is 0 Å². The summed E-state index contributed by atoms with van der Waals surface area (Å²) in [4.78, 5) is 0. The van der Waals surface area contributed by atoms with Gasteiger partial charge >= 0.3 is 6.18 Å². The summed E-state index contributed by atoms with van der Waals surface area (Å²) in [6, 6.07) is 10.8. The highest BCUT2D eigenvalue weighted by Crippen LogP contribution is 2.32. The normalized spacial score (nSPS) is 13.2. The minimum Gasteiger partial charge on any atom is -0.309 e. The van der Waals surface area contributed by atoms with Crippen LogP contribution in [-0.4, -0.2) is 7.05 Å². The Balaban J connectivity index is 2.37. The molecule has 0 spiro atoms. The number of nitrogens with one attached hydrogen (secondary N) is 1. The van der Waals surface area contributed by atoms with Crippen molar-refractivity contribution in [2.45, 2.75) is 12.2 Å². The molecular weight excluding hydrogens is 411 g/mol. The van der Waals surface area contributed by atoms with Crippen LogP contribution in [-0.2, 0) is 6.18 Å². The lowest BCUT2D eigenvalue weighted by atomic mass is 9.98. The summed E-state index contributed by atoms with van der Waals surface area (Å²) in [5.74, 6) is 0. The van der Waals surface area contributed by atoms with Gasteiger partial charge in [-0.1, -0.05) is 44.0 Å². The lowest BCUT2D eigenvalue weighted by molar-refractivity contribution is -0.137. The summed E-state index contributed by atoms with van der Waals surface area (Å²) in [5, 5.41) is 3.12. The van der Waals surface area contributed by atoms with E-state index in [4.69, 9.17) is 0 Å². The van der Waals surface area contributed by atoms with E-state index in [9.17, 15) is 13.2 Å². The first-order chi connectivity index (χ1) is 9.81. The Morgan fingerprint density at radius 2 is 1.43 bits per heavy atom. The number of benzene rings is 2. The summed E-state index contributed by atoms with van der Waals surface area (Å²) >= 11 is 6.83. The van der Waals surface area contributed by atoms with E-state index in [1.54, 1.807) is 7.05 Å². The fourth-order valence-corrected chi connectivity index (χ4v) is 3.46. The summed E-state index contributed by atoms with van der Waals surface area (Å²) in [5.41, 5.74) is 1.09. The van der Waals surface area contributed by atoms with Crippen LogP contribution in [0.15, 0.2) is 51.4 Å². The van der Waals surface area contributed by atoms with Gasteiger partial charge in [-0.2, -0.15) is 13.2 Å². The third kappa shape index (κ3) is 4.08. The molecule has 2 aromatic carbocycles. The van der Waals surface area contributed by atoms with Crippen LogP contribution >= 0.6 is 31.9 Å². The predicted octanol–water partition coefficient (Wildman–Crippen LogP) is 5.54. The summed E-state index contributed by atoms with van der Waals surface area (Å²) in [6.07, 6.45) is -4.31. The van der Waals surface area contributed by atoms with Crippen LogP contribution < -0.4 is 5.32 Å². The maximum absolute atomic E-state index is 12.6. The fraction of sp³-hybridized carbons (Fsp3) is 0.200. The molecule has 21 heavy (non-hydrogen) atoms. The Hall–Kier alpha value is -0.850. The van der Waals surface area contributed by atoms with E-state index in [-0.39, 0.29) is 6.04 Å². The molecule has 2 aromatic rings. The number of hydrogen-bond donors (Lipinski definition) is 1. The average Bonchev–Trinajstić information content (AvgIpc) is 2.38. The van der Waals surface area contributed by atoms with E-state index in [2.05, 4.69) is 37.2 Å². The Kier molecular flexibility index (Phi) is 5.11. The lowest BCUT2D eigenvalue weighted by Gasteiger charge is -2.19. The highest BCUT2D eigenvalue weighted by atomic mass is 79.9. The molecule has 0 amide bonds. The molecule has 1 unspecified atom stereocenters. The topological polar surface area (TPSA) is 12.0 Å². The van der Waals surface area contributed by atoms with Gasteiger partial charge in [-0.3, -0.25) is 0 Å². The Morgan fingerprint density at radius 1 is 0.905 bits per heavy atom. The molecule has 0 aliphatic heterocycles.